The molecule has 0 amide bonds. The zero-order valence-corrected chi connectivity index (χ0v) is 11.4. The minimum Gasteiger partial charge on any atom is -0.480 e. The number of aromatic nitrogens is 4. The van der Waals surface area contributed by atoms with Crippen molar-refractivity contribution in [2.24, 2.45) is 5.73 Å². The maximum atomic E-state index is 5.91. The lowest BCUT2D eigenvalue weighted by molar-refractivity contribution is 0.284. The SMILES string of the molecule is COc1ccc(-c2noc(C3(CN)CCCC3)n2)nn1. The van der Waals surface area contributed by atoms with Crippen molar-refractivity contribution in [2.45, 2.75) is 31.1 Å². The molecule has 0 unspecified atom stereocenters. The fourth-order valence-corrected chi connectivity index (χ4v) is 2.65. The van der Waals surface area contributed by atoms with E-state index < -0.39 is 0 Å². The molecular weight excluding hydrogens is 258 g/mol. The van der Waals surface area contributed by atoms with Crippen molar-refractivity contribution in [3.8, 4) is 17.4 Å². The van der Waals surface area contributed by atoms with E-state index in [0.717, 1.165) is 25.7 Å². The molecule has 0 radical (unpaired) electrons. The van der Waals surface area contributed by atoms with Crippen molar-refractivity contribution in [1.82, 2.24) is 20.3 Å². The summed E-state index contributed by atoms with van der Waals surface area (Å²) in [6.45, 7) is 0.531. The predicted molar refractivity (Wildman–Crippen MR) is 71.1 cm³/mol. The lowest BCUT2D eigenvalue weighted by atomic mass is 9.86. The molecule has 2 N–H and O–H groups in total. The van der Waals surface area contributed by atoms with Crippen molar-refractivity contribution < 1.29 is 9.26 Å². The molecule has 0 aromatic carbocycles. The molecule has 0 aliphatic heterocycles. The maximum Gasteiger partial charge on any atom is 0.234 e. The van der Waals surface area contributed by atoms with Crippen LogP contribution in [0.25, 0.3) is 11.5 Å². The quantitative estimate of drug-likeness (QED) is 0.897. The van der Waals surface area contributed by atoms with Gasteiger partial charge in [-0.25, -0.2) is 0 Å². The highest BCUT2D eigenvalue weighted by atomic mass is 16.5. The van der Waals surface area contributed by atoms with Gasteiger partial charge in [0.15, 0.2) is 0 Å². The summed E-state index contributed by atoms with van der Waals surface area (Å²) in [5, 5.41) is 11.9. The zero-order chi connectivity index (χ0) is 14.0. The third-order valence-corrected chi connectivity index (χ3v) is 3.91. The molecule has 0 spiro atoms. The van der Waals surface area contributed by atoms with Crippen LogP contribution in [0.2, 0.25) is 0 Å². The van der Waals surface area contributed by atoms with Crippen LogP contribution in [0.4, 0.5) is 0 Å². The number of nitrogens with zero attached hydrogens (tertiary/aromatic N) is 4. The predicted octanol–water partition coefficient (Wildman–Crippen LogP) is 1.31. The number of hydrogen-bond donors (Lipinski definition) is 1. The van der Waals surface area contributed by atoms with Crippen LogP contribution in [0.5, 0.6) is 5.88 Å². The van der Waals surface area contributed by atoms with E-state index in [9.17, 15) is 0 Å². The van der Waals surface area contributed by atoms with Crippen LogP contribution < -0.4 is 10.5 Å². The molecule has 2 aromatic heterocycles. The van der Waals surface area contributed by atoms with Gasteiger partial charge in [-0.3, -0.25) is 0 Å². The highest BCUT2D eigenvalue weighted by molar-refractivity contribution is 5.47. The molecule has 1 aliphatic carbocycles. The zero-order valence-electron chi connectivity index (χ0n) is 11.4. The van der Waals surface area contributed by atoms with Crippen molar-refractivity contribution in [1.29, 1.82) is 0 Å². The summed E-state index contributed by atoms with van der Waals surface area (Å²) in [7, 11) is 1.54. The lowest BCUT2D eigenvalue weighted by Gasteiger charge is -2.21. The second-order valence-electron chi connectivity index (χ2n) is 5.08. The number of methoxy groups -OCH3 is 1. The molecule has 106 valence electrons. The van der Waals surface area contributed by atoms with Crippen LogP contribution in [0, 0.1) is 0 Å². The molecule has 2 aromatic rings. The van der Waals surface area contributed by atoms with Gasteiger partial charge in [-0.1, -0.05) is 18.0 Å². The van der Waals surface area contributed by atoms with E-state index in [0.29, 0.717) is 29.8 Å². The van der Waals surface area contributed by atoms with Gasteiger partial charge < -0.3 is 15.0 Å². The third-order valence-electron chi connectivity index (χ3n) is 3.91. The van der Waals surface area contributed by atoms with Gasteiger partial charge in [-0.2, -0.15) is 4.98 Å². The van der Waals surface area contributed by atoms with E-state index in [4.69, 9.17) is 15.0 Å². The van der Waals surface area contributed by atoms with Gasteiger partial charge in [0.2, 0.25) is 17.6 Å². The molecule has 3 rings (SSSR count). The summed E-state index contributed by atoms with van der Waals surface area (Å²) in [5.41, 5.74) is 6.31. The first-order valence-corrected chi connectivity index (χ1v) is 6.70. The first kappa shape index (κ1) is 13.0. The van der Waals surface area contributed by atoms with E-state index in [-0.39, 0.29) is 5.41 Å². The van der Waals surface area contributed by atoms with Gasteiger partial charge >= 0.3 is 0 Å². The summed E-state index contributed by atoms with van der Waals surface area (Å²) >= 11 is 0. The van der Waals surface area contributed by atoms with Crippen molar-refractivity contribution >= 4 is 0 Å². The average molecular weight is 275 g/mol. The monoisotopic (exact) mass is 275 g/mol. The Hall–Kier alpha value is -2.02. The molecule has 1 aliphatic rings. The van der Waals surface area contributed by atoms with Gasteiger partial charge in [0.05, 0.1) is 12.5 Å². The van der Waals surface area contributed by atoms with Crippen LogP contribution in [-0.2, 0) is 5.41 Å². The molecule has 0 atom stereocenters. The van der Waals surface area contributed by atoms with E-state index in [1.165, 1.54) is 0 Å². The number of nitrogens with two attached hydrogens (primary N) is 1. The Morgan fingerprint density at radius 2 is 2.10 bits per heavy atom. The molecule has 7 nitrogen and oxygen atoms in total. The Bertz CT molecular complexity index is 575. The minimum absolute atomic E-state index is 0.162. The van der Waals surface area contributed by atoms with Crippen LogP contribution in [-0.4, -0.2) is 34.0 Å². The number of hydrogen-bond acceptors (Lipinski definition) is 7. The minimum atomic E-state index is -0.162. The van der Waals surface area contributed by atoms with Gasteiger partial charge in [0, 0.05) is 12.6 Å². The molecule has 1 fully saturated rings. The van der Waals surface area contributed by atoms with Gasteiger partial charge in [0.1, 0.15) is 5.69 Å². The normalized spacial score (nSPS) is 17.3. The Labute approximate surface area is 116 Å². The summed E-state index contributed by atoms with van der Waals surface area (Å²) in [4.78, 5) is 4.46. The summed E-state index contributed by atoms with van der Waals surface area (Å²) in [6.07, 6.45) is 4.30. The van der Waals surface area contributed by atoms with Crippen LogP contribution in [0.3, 0.4) is 0 Å². The Balaban J connectivity index is 1.89. The molecule has 0 saturated heterocycles. The summed E-state index contributed by atoms with van der Waals surface area (Å²) in [5.74, 6) is 1.51. The van der Waals surface area contributed by atoms with E-state index in [1.807, 2.05) is 0 Å². The fraction of sp³-hybridized carbons (Fsp3) is 0.538. The van der Waals surface area contributed by atoms with Gasteiger partial charge in [-0.15, -0.1) is 10.2 Å². The van der Waals surface area contributed by atoms with Crippen molar-refractivity contribution in [3.05, 3.63) is 18.0 Å². The molecule has 20 heavy (non-hydrogen) atoms. The topological polar surface area (TPSA) is 100.0 Å². The van der Waals surface area contributed by atoms with E-state index >= 15 is 0 Å². The van der Waals surface area contributed by atoms with E-state index in [2.05, 4.69) is 20.3 Å². The van der Waals surface area contributed by atoms with Crippen LogP contribution in [0.15, 0.2) is 16.7 Å². The number of rotatable bonds is 4. The largest absolute Gasteiger partial charge is 0.480 e. The maximum absolute atomic E-state index is 5.91. The fourth-order valence-electron chi connectivity index (χ4n) is 2.65. The molecule has 7 heteroatoms. The second-order valence-corrected chi connectivity index (χ2v) is 5.08. The Morgan fingerprint density at radius 3 is 2.70 bits per heavy atom. The molecule has 2 heterocycles. The van der Waals surface area contributed by atoms with Gasteiger partial charge in [0.25, 0.3) is 0 Å². The Morgan fingerprint density at radius 1 is 1.30 bits per heavy atom. The van der Waals surface area contributed by atoms with E-state index in [1.54, 1.807) is 19.2 Å². The van der Waals surface area contributed by atoms with Crippen molar-refractivity contribution in [3.63, 3.8) is 0 Å². The summed E-state index contributed by atoms with van der Waals surface area (Å²) in [6, 6.07) is 3.47. The Kier molecular flexibility index (Phi) is 3.35. The lowest BCUT2D eigenvalue weighted by Crippen LogP contribution is -2.32. The smallest absolute Gasteiger partial charge is 0.234 e. The number of ether oxygens (including phenoxy) is 1. The average Bonchev–Trinajstić information content (AvgIpc) is 3.17. The molecule has 1 saturated carbocycles. The second kappa shape index (κ2) is 5.16. The van der Waals surface area contributed by atoms with Crippen LogP contribution in [0.1, 0.15) is 31.6 Å². The third kappa shape index (κ3) is 2.14. The van der Waals surface area contributed by atoms with Crippen molar-refractivity contribution in [2.75, 3.05) is 13.7 Å². The first-order valence-electron chi connectivity index (χ1n) is 6.70. The summed E-state index contributed by atoms with van der Waals surface area (Å²) < 4.78 is 10.4. The van der Waals surface area contributed by atoms with Crippen LogP contribution >= 0.6 is 0 Å². The molecular formula is C13H17N5O2. The highest BCUT2D eigenvalue weighted by Gasteiger charge is 2.39. The first-order chi connectivity index (χ1) is 9.77. The molecule has 0 bridgehead atoms. The standard InChI is InChI=1S/C13H17N5O2/c1-19-10-5-4-9(16-17-10)11-15-12(20-18-11)13(8-14)6-2-3-7-13/h4-5H,2-3,6-8,14H2,1H3. The van der Waals surface area contributed by atoms with Gasteiger partial charge in [-0.05, 0) is 18.9 Å². The highest BCUT2D eigenvalue weighted by Crippen LogP contribution is 2.39.